The number of halogens is 1. The van der Waals surface area contributed by atoms with E-state index in [1.54, 1.807) is 0 Å². The molecule has 2 rings (SSSR count). The second-order valence-corrected chi connectivity index (χ2v) is 5.53. The van der Waals surface area contributed by atoms with Gasteiger partial charge in [0.2, 0.25) is 5.13 Å². The number of aromatic nitrogens is 2. The molecule has 0 aliphatic heterocycles. The number of hydrogen-bond donors (Lipinski definition) is 1. The minimum absolute atomic E-state index is 0.0728. The average Bonchev–Trinajstić information content (AvgIpc) is 3.06. The Labute approximate surface area is 147 Å². The Balaban J connectivity index is 2.34. The molecule has 0 unspecified atom stereocenters. The van der Waals surface area contributed by atoms with Crippen molar-refractivity contribution in [2.75, 3.05) is 12.4 Å². The molecule has 0 aliphatic carbocycles. The molecule has 0 spiro atoms. The Hall–Kier alpha value is -3.31. The first-order chi connectivity index (χ1) is 12.0. The Morgan fingerprint density at radius 3 is 2.84 bits per heavy atom. The van der Waals surface area contributed by atoms with Gasteiger partial charge in [-0.3, -0.25) is 14.9 Å². The van der Waals surface area contributed by atoms with Crippen LogP contribution in [0, 0.1) is 18.2 Å². The molecule has 1 aromatic heterocycles. The summed E-state index contributed by atoms with van der Waals surface area (Å²) in [6.07, 6.45) is 6.64. The summed E-state index contributed by atoms with van der Waals surface area (Å²) >= 11 is 0.994. The molecule has 1 N–H and O–H groups in total. The SMILES string of the molecule is C#Cc1nnc(NC(=O)/C(=C/C=O)C(=C)c2cc(F)ccc2OC)s1. The van der Waals surface area contributed by atoms with Gasteiger partial charge in [0, 0.05) is 5.56 Å². The van der Waals surface area contributed by atoms with E-state index in [4.69, 9.17) is 11.2 Å². The molecule has 1 aromatic carbocycles. The third-order valence-corrected chi connectivity index (χ3v) is 3.83. The highest BCUT2D eigenvalue weighted by Crippen LogP contribution is 2.31. The zero-order chi connectivity index (χ0) is 18.4. The Kier molecular flexibility index (Phi) is 5.76. The minimum atomic E-state index is -0.664. The minimum Gasteiger partial charge on any atom is -0.496 e. The molecular weight excluding hydrogens is 345 g/mol. The molecule has 2 aromatic rings. The number of carbonyl (C=O) groups is 2. The number of benzene rings is 1. The van der Waals surface area contributed by atoms with Gasteiger partial charge in [-0.15, -0.1) is 16.6 Å². The van der Waals surface area contributed by atoms with Crippen molar-refractivity contribution < 1.29 is 18.7 Å². The van der Waals surface area contributed by atoms with Crippen LogP contribution in [0.15, 0.2) is 36.4 Å². The summed E-state index contributed by atoms with van der Waals surface area (Å²) in [5.41, 5.74) is 0.284. The number of hydrogen-bond acceptors (Lipinski definition) is 6. The van der Waals surface area contributed by atoms with Crippen LogP contribution in [-0.4, -0.2) is 29.5 Å². The van der Waals surface area contributed by atoms with E-state index in [1.807, 2.05) is 0 Å². The van der Waals surface area contributed by atoms with E-state index in [0.29, 0.717) is 17.0 Å². The molecule has 0 fully saturated rings. The van der Waals surface area contributed by atoms with Crippen molar-refractivity contribution in [3.05, 3.63) is 52.8 Å². The lowest BCUT2D eigenvalue weighted by molar-refractivity contribution is -0.113. The number of ether oxygens (including phenoxy) is 1. The molecule has 8 heteroatoms. The third-order valence-electron chi connectivity index (χ3n) is 3.06. The molecule has 126 valence electrons. The van der Waals surface area contributed by atoms with Crippen LogP contribution in [-0.2, 0) is 9.59 Å². The lowest BCUT2D eigenvalue weighted by atomic mass is 9.97. The number of aldehydes is 1. The molecule has 0 radical (unpaired) electrons. The maximum absolute atomic E-state index is 13.6. The first kappa shape index (κ1) is 18.0. The lowest BCUT2D eigenvalue weighted by Crippen LogP contribution is -2.16. The first-order valence-electron chi connectivity index (χ1n) is 6.80. The monoisotopic (exact) mass is 357 g/mol. The number of anilines is 1. The summed E-state index contributed by atoms with van der Waals surface area (Å²) in [6, 6.07) is 3.77. The molecule has 25 heavy (non-hydrogen) atoms. The highest BCUT2D eigenvalue weighted by atomic mass is 32.1. The summed E-state index contributed by atoms with van der Waals surface area (Å²) in [4.78, 5) is 23.4. The summed E-state index contributed by atoms with van der Waals surface area (Å²) in [7, 11) is 1.40. The van der Waals surface area contributed by atoms with E-state index < -0.39 is 11.7 Å². The zero-order valence-corrected chi connectivity index (χ0v) is 13.9. The van der Waals surface area contributed by atoms with Gasteiger partial charge in [0.1, 0.15) is 17.9 Å². The zero-order valence-electron chi connectivity index (χ0n) is 13.1. The largest absolute Gasteiger partial charge is 0.496 e. The highest BCUT2D eigenvalue weighted by Gasteiger charge is 2.19. The van der Waals surface area contributed by atoms with Crippen LogP contribution in [0.3, 0.4) is 0 Å². The van der Waals surface area contributed by atoms with Crippen LogP contribution in [0.25, 0.3) is 5.57 Å². The first-order valence-corrected chi connectivity index (χ1v) is 7.62. The molecule has 0 atom stereocenters. The van der Waals surface area contributed by atoms with Gasteiger partial charge in [-0.2, -0.15) is 0 Å². The Morgan fingerprint density at radius 2 is 2.24 bits per heavy atom. The summed E-state index contributed by atoms with van der Waals surface area (Å²) in [5.74, 6) is 1.40. The second-order valence-electron chi connectivity index (χ2n) is 4.55. The number of carbonyl (C=O) groups excluding carboxylic acids is 2. The van der Waals surface area contributed by atoms with Gasteiger partial charge >= 0.3 is 0 Å². The average molecular weight is 357 g/mol. The normalized spacial score (nSPS) is 10.7. The quantitative estimate of drug-likeness (QED) is 0.372. The van der Waals surface area contributed by atoms with Gasteiger partial charge in [0.25, 0.3) is 5.91 Å². The fourth-order valence-electron chi connectivity index (χ4n) is 1.94. The van der Waals surface area contributed by atoms with Gasteiger partial charge in [0.15, 0.2) is 5.01 Å². The van der Waals surface area contributed by atoms with Crippen LogP contribution >= 0.6 is 11.3 Å². The number of nitrogens with zero attached hydrogens (tertiary/aromatic N) is 2. The van der Waals surface area contributed by atoms with Gasteiger partial charge in [-0.05, 0) is 35.8 Å². The van der Waals surface area contributed by atoms with E-state index in [0.717, 1.165) is 23.5 Å². The number of allylic oxidation sites excluding steroid dienone is 1. The van der Waals surface area contributed by atoms with Crippen LogP contribution in [0.1, 0.15) is 10.6 Å². The van der Waals surface area contributed by atoms with Crippen LogP contribution in [0.4, 0.5) is 9.52 Å². The Morgan fingerprint density at radius 1 is 1.48 bits per heavy atom. The second kappa shape index (κ2) is 7.99. The van der Waals surface area contributed by atoms with E-state index in [9.17, 15) is 14.0 Å². The van der Waals surface area contributed by atoms with Gasteiger partial charge in [-0.25, -0.2) is 4.39 Å². The smallest absolute Gasteiger partial charge is 0.258 e. The maximum Gasteiger partial charge on any atom is 0.258 e. The number of terminal acetylenes is 1. The van der Waals surface area contributed by atoms with Crippen molar-refractivity contribution in [2.24, 2.45) is 0 Å². The Bertz CT molecular complexity index is 912. The van der Waals surface area contributed by atoms with Crippen LogP contribution in [0.2, 0.25) is 0 Å². The molecule has 6 nitrogen and oxygen atoms in total. The summed E-state index contributed by atoms with van der Waals surface area (Å²) in [5, 5.41) is 10.3. The topological polar surface area (TPSA) is 81.2 Å². The predicted molar refractivity (Wildman–Crippen MR) is 92.6 cm³/mol. The van der Waals surface area contributed by atoms with E-state index in [1.165, 1.54) is 19.2 Å². The number of rotatable bonds is 6. The van der Waals surface area contributed by atoms with Crippen molar-refractivity contribution >= 4 is 34.2 Å². The maximum atomic E-state index is 13.6. The van der Waals surface area contributed by atoms with Gasteiger partial charge in [0.05, 0.1) is 12.7 Å². The lowest BCUT2D eigenvalue weighted by Gasteiger charge is -2.13. The molecular formula is C17H12FN3O3S. The van der Waals surface area contributed by atoms with E-state index in [2.05, 4.69) is 28.0 Å². The molecule has 0 saturated carbocycles. The summed E-state index contributed by atoms with van der Waals surface area (Å²) in [6.45, 7) is 3.78. The van der Waals surface area contributed by atoms with Crippen molar-refractivity contribution in [1.82, 2.24) is 10.2 Å². The van der Waals surface area contributed by atoms with Crippen molar-refractivity contribution in [3.63, 3.8) is 0 Å². The van der Waals surface area contributed by atoms with Gasteiger partial charge in [-0.1, -0.05) is 17.9 Å². The molecule has 1 amide bonds. The van der Waals surface area contributed by atoms with Crippen LogP contribution in [0.5, 0.6) is 5.75 Å². The fourth-order valence-corrected chi connectivity index (χ4v) is 2.49. The number of methoxy groups -OCH3 is 1. The van der Waals surface area contributed by atoms with Crippen molar-refractivity contribution in [1.29, 1.82) is 0 Å². The van der Waals surface area contributed by atoms with Crippen molar-refractivity contribution in [3.8, 4) is 18.1 Å². The molecule has 0 aliphatic rings. The predicted octanol–water partition coefficient (Wildman–Crippen LogP) is 2.44. The van der Waals surface area contributed by atoms with E-state index in [-0.39, 0.29) is 21.8 Å². The van der Waals surface area contributed by atoms with Crippen molar-refractivity contribution in [2.45, 2.75) is 0 Å². The summed E-state index contributed by atoms with van der Waals surface area (Å²) < 4.78 is 18.7. The number of amides is 1. The van der Waals surface area contributed by atoms with Crippen LogP contribution < -0.4 is 10.1 Å². The third kappa shape index (κ3) is 4.16. The molecule has 0 bridgehead atoms. The van der Waals surface area contributed by atoms with Gasteiger partial charge < -0.3 is 4.74 Å². The molecule has 0 saturated heterocycles. The number of nitrogens with one attached hydrogen (secondary N) is 1. The fraction of sp³-hybridized carbons (Fsp3) is 0.0588. The molecule has 1 heterocycles. The van der Waals surface area contributed by atoms with E-state index >= 15 is 0 Å². The standard InChI is InChI=1S/C17H12FN3O3S/c1-4-15-20-21-17(25-15)19-16(23)12(7-8-22)10(2)13-9-11(18)5-6-14(13)24-3/h1,5-9H,2H2,3H3,(H,19,21,23)/b12-7+. The highest BCUT2D eigenvalue weighted by molar-refractivity contribution is 7.15.